The fourth-order valence-electron chi connectivity index (χ4n) is 3.77. The van der Waals surface area contributed by atoms with Gasteiger partial charge < -0.3 is 24.2 Å². The Morgan fingerprint density at radius 2 is 2.00 bits per heavy atom. The number of hydrogen-bond acceptors (Lipinski definition) is 8. The Bertz CT molecular complexity index is 1290. The van der Waals surface area contributed by atoms with Crippen LogP contribution >= 0.6 is 0 Å². The molecule has 0 amide bonds. The molecule has 10 nitrogen and oxygen atoms in total. The molecule has 0 spiro atoms. The number of methoxy groups -OCH3 is 1. The molecule has 4 rings (SSSR count). The number of carbonyl (C=O) groups is 1. The van der Waals surface area contributed by atoms with E-state index in [9.17, 15) is 19.7 Å². The summed E-state index contributed by atoms with van der Waals surface area (Å²) in [5.74, 6) is -1.13. The average Bonchev–Trinajstić information content (AvgIpc) is 3.28. The Morgan fingerprint density at radius 3 is 2.59 bits per heavy atom. The second-order valence-electron chi connectivity index (χ2n) is 7.19. The number of non-ortho nitro benzene ring substituents is 1. The minimum absolute atomic E-state index is 0.0562. The van der Waals surface area contributed by atoms with Crippen molar-refractivity contribution in [3.05, 3.63) is 103 Å². The van der Waals surface area contributed by atoms with E-state index in [2.05, 4.69) is 0 Å². The molecule has 1 aliphatic heterocycles. The van der Waals surface area contributed by atoms with Gasteiger partial charge in [0.05, 0.1) is 36.3 Å². The predicted octanol–water partition coefficient (Wildman–Crippen LogP) is 2.57. The van der Waals surface area contributed by atoms with Crippen LogP contribution in [0.25, 0.3) is 0 Å². The molecule has 2 N–H and O–H groups in total. The maximum Gasteiger partial charge on any atom is 0.340 e. The number of furan rings is 1. The first-order valence-corrected chi connectivity index (χ1v) is 9.58. The van der Waals surface area contributed by atoms with Crippen LogP contribution < -0.4 is 16.0 Å². The Hall–Kier alpha value is -4.34. The first-order valence-electron chi connectivity index (χ1n) is 9.58. The van der Waals surface area contributed by atoms with E-state index in [-0.39, 0.29) is 35.0 Å². The number of pyridine rings is 1. The number of aryl methyl sites for hydroxylation is 1. The highest BCUT2D eigenvalue weighted by Gasteiger charge is 2.38. The molecule has 1 aromatic carbocycles. The van der Waals surface area contributed by atoms with Gasteiger partial charge in [-0.3, -0.25) is 14.9 Å². The van der Waals surface area contributed by atoms with Crippen molar-refractivity contribution >= 4 is 11.7 Å². The van der Waals surface area contributed by atoms with Gasteiger partial charge in [-0.2, -0.15) is 0 Å². The van der Waals surface area contributed by atoms with Gasteiger partial charge in [0.1, 0.15) is 17.1 Å². The Kier molecular flexibility index (Phi) is 5.27. The summed E-state index contributed by atoms with van der Waals surface area (Å²) in [6, 6.07) is 10.7. The summed E-state index contributed by atoms with van der Waals surface area (Å²) in [4.78, 5) is 36.7. The van der Waals surface area contributed by atoms with Gasteiger partial charge in [-0.05, 0) is 24.6 Å². The molecule has 1 atom stereocenters. The second kappa shape index (κ2) is 8.06. The molecular formula is C22H19N3O7. The number of rotatable bonds is 5. The summed E-state index contributed by atoms with van der Waals surface area (Å²) in [7, 11) is 1.19. The molecule has 10 heteroatoms. The van der Waals surface area contributed by atoms with Crippen LogP contribution in [0, 0.1) is 17.0 Å². The van der Waals surface area contributed by atoms with Gasteiger partial charge in [-0.1, -0.05) is 12.1 Å². The number of nitro benzene ring substituents is 1. The summed E-state index contributed by atoms with van der Waals surface area (Å²) < 4.78 is 17.4. The fourth-order valence-corrected chi connectivity index (χ4v) is 3.77. The van der Waals surface area contributed by atoms with Crippen molar-refractivity contribution in [3.8, 4) is 5.75 Å². The van der Waals surface area contributed by atoms with Crippen molar-refractivity contribution < 1.29 is 23.6 Å². The topological polar surface area (TPSA) is 140 Å². The van der Waals surface area contributed by atoms with Crippen molar-refractivity contribution in [1.29, 1.82) is 0 Å². The van der Waals surface area contributed by atoms with E-state index in [1.54, 1.807) is 25.1 Å². The van der Waals surface area contributed by atoms with E-state index in [0.717, 1.165) is 0 Å². The highest BCUT2D eigenvalue weighted by molar-refractivity contribution is 5.92. The number of nitrogens with two attached hydrogens (primary N) is 1. The van der Waals surface area contributed by atoms with Crippen LogP contribution in [0.3, 0.4) is 0 Å². The summed E-state index contributed by atoms with van der Waals surface area (Å²) in [5, 5.41) is 11.1. The van der Waals surface area contributed by atoms with Gasteiger partial charge in [0, 0.05) is 23.9 Å². The number of esters is 1. The monoisotopic (exact) mass is 437 g/mol. The molecule has 0 fully saturated rings. The fraction of sp³-hybridized carbons (Fsp3) is 0.182. The minimum Gasteiger partial charge on any atom is -0.467 e. The van der Waals surface area contributed by atoms with Gasteiger partial charge in [-0.15, -0.1) is 0 Å². The summed E-state index contributed by atoms with van der Waals surface area (Å²) in [6.07, 6.45) is 1.51. The zero-order valence-electron chi connectivity index (χ0n) is 17.2. The van der Waals surface area contributed by atoms with Gasteiger partial charge in [0.2, 0.25) is 5.88 Å². The molecule has 2 aromatic heterocycles. The lowest BCUT2D eigenvalue weighted by Gasteiger charge is -2.28. The minimum atomic E-state index is -0.942. The van der Waals surface area contributed by atoms with Gasteiger partial charge >= 0.3 is 5.97 Å². The smallest absolute Gasteiger partial charge is 0.340 e. The molecule has 0 saturated heterocycles. The first-order chi connectivity index (χ1) is 15.3. The number of nitro groups is 1. The van der Waals surface area contributed by atoms with Gasteiger partial charge in [0.25, 0.3) is 11.2 Å². The lowest BCUT2D eigenvalue weighted by Crippen LogP contribution is -2.35. The highest BCUT2D eigenvalue weighted by Crippen LogP contribution is 2.41. The molecule has 1 aliphatic rings. The molecule has 0 radical (unpaired) electrons. The lowest BCUT2D eigenvalue weighted by atomic mass is 9.83. The van der Waals surface area contributed by atoms with Crippen LogP contribution in [-0.4, -0.2) is 22.6 Å². The Balaban J connectivity index is 1.94. The second-order valence-corrected chi connectivity index (χ2v) is 7.19. The Labute approximate surface area is 181 Å². The van der Waals surface area contributed by atoms with E-state index < -0.39 is 22.4 Å². The maximum absolute atomic E-state index is 13.6. The number of carbonyl (C=O) groups excluding carboxylic acids is 1. The molecule has 3 heterocycles. The first kappa shape index (κ1) is 20.9. The summed E-state index contributed by atoms with van der Waals surface area (Å²) >= 11 is 0. The number of ether oxygens (including phenoxy) is 2. The van der Waals surface area contributed by atoms with Crippen LogP contribution in [0.1, 0.15) is 28.5 Å². The number of fused-ring (bicyclic) bond motifs is 1. The van der Waals surface area contributed by atoms with Crippen molar-refractivity contribution in [2.75, 3.05) is 7.11 Å². The molecule has 0 bridgehead atoms. The van der Waals surface area contributed by atoms with E-state index in [0.29, 0.717) is 17.0 Å². The maximum atomic E-state index is 13.6. The molecule has 3 aromatic rings. The van der Waals surface area contributed by atoms with E-state index in [1.807, 2.05) is 0 Å². The quantitative estimate of drug-likeness (QED) is 0.365. The van der Waals surface area contributed by atoms with E-state index in [4.69, 9.17) is 19.6 Å². The van der Waals surface area contributed by atoms with Crippen molar-refractivity contribution in [2.45, 2.75) is 19.4 Å². The molecule has 0 unspecified atom stereocenters. The van der Waals surface area contributed by atoms with Gasteiger partial charge in [0.15, 0.2) is 0 Å². The molecule has 32 heavy (non-hydrogen) atoms. The lowest BCUT2D eigenvalue weighted by molar-refractivity contribution is -0.384. The van der Waals surface area contributed by atoms with Crippen molar-refractivity contribution in [2.24, 2.45) is 5.73 Å². The predicted molar refractivity (Wildman–Crippen MR) is 112 cm³/mol. The molecule has 0 saturated carbocycles. The molecular weight excluding hydrogens is 418 g/mol. The van der Waals surface area contributed by atoms with Crippen molar-refractivity contribution in [1.82, 2.24) is 4.57 Å². The zero-order chi connectivity index (χ0) is 23.0. The van der Waals surface area contributed by atoms with Crippen LogP contribution in [0.2, 0.25) is 0 Å². The number of aromatic nitrogens is 1. The number of nitrogens with zero attached hydrogens (tertiary/aromatic N) is 2. The average molecular weight is 437 g/mol. The highest BCUT2D eigenvalue weighted by atomic mass is 16.6. The largest absolute Gasteiger partial charge is 0.467 e. The third-order valence-electron chi connectivity index (χ3n) is 5.31. The zero-order valence-corrected chi connectivity index (χ0v) is 17.2. The van der Waals surface area contributed by atoms with E-state index in [1.165, 1.54) is 42.2 Å². The van der Waals surface area contributed by atoms with Crippen LogP contribution in [0.4, 0.5) is 5.69 Å². The summed E-state index contributed by atoms with van der Waals surface area (Å²) in [6.45, 7) is 1.91. The number of hydrogen-bond donors (Lipinski definition) is 1. The third kappa shape index (κ3) is 3.51. The van der Waals surface area contributed by atoms with Crippen LogP contribution in [0.5, 0.6) is 5.75 Å². The van der Waals surface area contributed by atoms with E-state index >= 15 is 0 Å². The van der Waals surface area contributed by atoms with Crippen LogP contribution in [0.15, 0.2) is 69.4 Å². The molecule has 0 aliphatic carbocycles. The van der Waals surface area contributed by atoms with Crippen molar-refractivity contribution in [3.63, 3.8) is 0 Å². The SMILES string of the molecule is COC(=O)C1=C(N)Oc2cc(C)n(Cc3ccco3)c(=O)c2[C@H]1c1ccc([N+](=O)[O-])cc1. The Morgan fingerprint density at radius 1 is 1.28 bits per heavy atom. The normalized spacial score (nSPS) is 15.1. The molecule has 164 valence electrons. The summed E-state index contributed by atoms with van der Waals surface area (Å²) in [5.41, 5.74) is 6.68. The standard InChI is InChI=1S/C22H19N3O7/c1-12-10-16-18(21(26)24(12)11-15-4-3-9-31-15)17(19(20(23)32-16)22(27)30-2)13-5-7-14(8-6-13)25(28)29/h3-10,17H,11,23H2,1-2H3/t17-/m1/s1. The van der Waals surface area contributed by atoms with Crippen LogP contribution in [-0.2, 0) is 16.1 Å². The third-order valence-corrected chi connectivity index (χ3v) is 5.31. The number of benzene rings is 1. The van der Waals surface area contributed by atoms with Gasteiger partial charge in [-0.25, -0.2) is 4.79 Å².